The highest BCUT2D eigenvalue weighted by Gasteiger charge is 2.21. The average Bonchev–Trinajstić information content (AvgIpc) is 2.73. The van der Waals surface area contributed by atoms with Crippen LogP contribution >= 0.6 is 0 Å². The third kappa shape index (κ3) is 11.0. The van der Waals surface area contributed by atoms with Crippen molar-refractivity contribution in [1.29, 1.82) is 0 Å². The summed E-state index contributed by atoms with van der Waals surface area (Å²) in [4.78, 5) is 10.3. The highest BCUT2D eigenvalue weighted by atomic mass is 16.6. The Labute approximate surface area is 85.9 Å². The molecule has 0 bridgehead atoms. The van der Waals surface area contributed by atoms with Crippen molar-refractivity contribution in [3.63, 3.8) is 0 Å². The molecule has 1 saturated heterocycles. The standard InChI is InChI=1S/C5H8O3.C2H6.C2H2.CH4O/c6-3-4-1-2-5(7)8-4;3*1-2/h4,6H,1-3H2;1-2H3;1-2H;2H,1H3. The average molecular weight is 204 g/mol. The van der Waals surface area contributed by atoms with Crippen LogP contribution in [0.4, 0.5) is 0 Å². The molecule has 4 heteroatoms. The minimum absolute atomic E-state index is 0.0360. The van der Waals surface area contributed by atoms with Crippen molar-refractivity contribution < 1.29 is 19.7 Å². The number of cyclic esters (lactones) is 1. The number of carbonyl (C=O) groups excluding carboxylic acids is 1. The van der Waals surface area contributed by atoms with Gasteiger partial charge in [-0.25, -0.2) is 0 Å². The van der Waals surface area contributed by atoms with Crippen LogP contribution in [0.15, 0.2) is 0 Å². The molecule has 0 aromatic rings. The van der Waals surface area contributed by atoms with E-state index >= 15 is 0 Å². The van der Waals surface area contributed by atoms with Crippen molar-refractivity contribution in [2.75, 3.05) is 13.7 Å². The van der Waals surface area contributed by atoms with Gasteiger partial charge in [0.25, 0.3) is 0 Å². The Balaban J connectivity index is -0.000000174. The summed E-state index contributed by atoms with van der Waals surface area (Å²) in [6.45, 7) is 3.96. The minimum Gasteiger partial charge on any atom is -0.460 e. The van der Waals surface area contributed by atoms with Gasteiger partial charge in [-0.1, -0.05) is 13.8 Å². The van der Waals surface area contributed by atoms with Crippen LogP contribution in [0.3, 0.4) is 0 Å². The Morgan fingerprint density at radius 2 is 1.86 bits per heavy atom. The van der Waals surface area contributed by atoms with E-state index < -0.39 is 0 Å². The van der Waals surface area contributed by atoms with E-state index in [0.29, 0.717) is 12.8 Å². The van der Waals surface area contributed by atoms with Gasteiger partial charge in [0.05, 0.1) is 6.61 Å². The van der Waals surface area contributed by atoms with Crippen LogP contribution < -0.4 is 0 Å². The maximum Gasteiger partial charge on any atom is 0.306 e. The number of ether oxygens (including phenoxy) is 1. The van der Waals surface area contributed by atoms with Crippen LogP contribution in [0, 0.1) is 12.8 Å². The van der Waals surface area contributed by atoms with Gasteiger partial charge in [0.2, 0.25) is 0 Å². The molecule has 4 nitrogen and oxygen atoms in total. The molecule has 0 aromatic heterocycles. The summed E-state index contributed by atoms with van der Waals surface area (Å²) in [5, 5.41) is 15.4. The van der Waals surface area contributed by atoms with Crippen LogP contribution in [0.25, 0.3) is 0 Å². The normalized spacial score (nSPS) is 17.1. The Kier molecular flexibility index (Phi) is 23.9. The first-order valence-electron chi connectivity index (χ1n) is 4.41. The molecule has 1 heterocycles. The summed E-state index contributed by atoms with van der Waals surface area (Å²) >= 11 is 0. The number of terminal acetylenes is 1. The zero-order chi connectivity index (χ0) is 12.0. The molecule has 0 spiro atoms. The van der Waals surface area contributed by atoms with E-state index in [1.165, 1.54) is 0 Å². The summed E-state index contributed by atoms with van der Waals surface area (Å²) < 4.78 is 4.62. The van der Waals surface area contributed by atoms with Crippen LogP contribution in [-0.4, -0.2) is 36.0 Å². The lowest BCUT2D eigenvalue weighted by Crippen LogP contribution is -2.10. The molecular formula is C10H20O4. The Bertz CT molecular complexity index is 131. The van der Waals surface area contributed by atoms with Crippen LogP contribution in [0.1, 0.15) is 26.7 Å². The fourth-order valence-electron chi connectivity index (χ4n) is 0.711. The first kappa shape index (κ1) is 18.7. The molecule has 0 saturated carbocycles. The SMILES string of the molecule is C#C.CC.CO.O=C1CCC(CO)O1. The second-order valence-electron chi connectivity index (χ2n) is 1.83. The van der Waals surface area contributed by atoms with Crippen molar-refractivity contribution in [2.24, 2.45) is 0 Å². The maximum absolute atomic E-state index is 10.3. The van der Waals surface area contributed by atoms with Gasteiger partial charge in [0.15, 0.2) is 0 Å². The van der Waals surface area contributed by atoms with Crippen molar-refractivity contribution in [3.05, 3.63) is 0 Å². The molecule has 0 radical (unpaired) electrons. The molecule has 2 N–H and O–H groups in total. The summed E-state index contributed by atoms with van der Waals surface area (Å²) in [6, 6.07) is 0. The zero-order valence-electron chi connectivity index (χ0n) is 9.06. The lowest BCUT2D eigenvalue weighted by atomic mass is 10.2. The molecule has 0 aliphatic carbocycles. The summed E-state index contributed by atoms with van der Waals surface area (Å²) in [7, 11) is 1.00. The van der Waals surface area contributed by atoms with E-state index in [1.807, 2.05) is 13.8 Å². The Hall–Kier alpha value is -1.05. The molecule has 14 heavy (non-hydrogen) atoms. The third-order valence-electron chi connectivity index (χ3n) is 1.17. The molecule has 0 aromatic carbocycles. The Morgan fingerprint density at radius 1 is 1.43 bits per heavy atom. The molecule has 1 rings (SSSR count). The molecule has 84 valence electrons. The quantitative estimate of drug-likeness (QED) is 0.484. The van der Waals surface area contributed by atoms with E-state index in [0.717, 1.165) is 7.11 Å². The molecule has 1 unspecified atom stereocenters. The number of rotatable bonds is 1. The van der Waals surface area contributed by atoms with Crippen LogP contribution in [0.2, 0.25) is 0 Å². The smallest absolute Gasteiger partial charge is 0.306 e. The van der Waals surface area contributed by atoms with Crippen LogP contribution in [-0.2, 0) is 9.53 Å². The van der Waals surface area contributed by atoms with E-state index in [4.69, 9.17) is 10.2 Å². The van der Waals surface area contributed by atoms with E-state index in [9.17, 15) is 4.79 Å². The molecule has 1 fully saturated rings. The first-order valence-corrected chi connectivity index (χ1v) is 4.41. The van der Waals surface area contributed by atoms with Gasteiger partial charge < -0.3 is 14.9 Å². The highest BCUT2D eigenvalue weighted by molar-refractivity contribution is 5.71. The van der Waals surface area contributed by atoms with Gasteiger partial charge in [0, 0.05) is 13.5 Å². The number of carbonyl (C=O) groups is 1. The van der Waals surface area contributed by atoms with Crippen molar-refractivity contribution in [1.82, 2.24) is 0 Å². The van der Waals surface area contributed by atoms with E-state index in [1.54, 1.807) is 0 Å². The van der Waals surface area contributed by atoms with Gasteiger partial charge in [-0.15, -0.1) is 12.8 Å². The van der Waals surface area contributed by atoms with E-state index in [-0.39, 0.29) is 18.7 Å². The molecular weight excluding hydrogens is 184 g/mol. The topological polar surface area (TPSA) is 66.8 Å². The third-order valence-corrected chi connectivity index (χ3v) is 1.17. The summed E-state index contributed by atoms with van der Waals surface area (Å²) in [5.74, 6) is -0.191. The fourth-order valence-corrected chi connectivity index (χ4v) is 0.711. The first-order chi connectivity index (χ1) is 6.83. The van der Waals surface area contributed by atoms with Crippen molar-refractivity contribution >= 4 is 5.97 Å². The molecule has 0 amide bonds. The zero-order valence-corrected chi connectivity index (χ0v) is 9.06. The van der Waals surface area contributed by atoms with Gasteiger partial charge in [-0.05, 0) is 6.42 Å². The molecule has 1 aliphatic heterocycles. The fraction of sp³-hybridized carbons (Fsp3) is 0.700. The molecule has 1 atom stereocenters. The summed E-state index contributed by atoms with van der Waals surface area (Å²) in [6.07, 6.45) is 8.92. The largest absolute Gasteiger partial charge is 0.460 e. The minimum atomic E-state index is -0.220. The highest BCUT2D eigenvalue weighted by Crippen LogP contribution is 2.11. The lowest BCUT2D eigenvalue weighted by molar-refractivity contribution is -0.142. The second-order valence-corrected chi connectivity index (χ2v) is 1.83. The van der Waals surface area contributed by atoms with Gasteiger partial charge in [-0.3, -0.25) is 4.79 Å². The number of hydrogen-bond donors (Lipinski definition) is 2. The second kappa shape index (κ2) is 17.9. The Morgan fingerprint density at radius 3 is 2.00 bits per heavy atom. The van der Waals surface area contributed by atoms with Gasteiger partial charge in [-0.2, -0.15) is 0 Å². The number of esters is 1. The van der Waals surface area contributed by atoms with Gasteiger partial charge >= 0.3 is 5.97 Å². The summed E-state index contributed by atoms with van der Waals surface area (Å²) in [5.41, 5.74) is 0. The van der Waals surface area contributed by atoms with Crippen LogP contribution in [0.5, 0.6) is 0 Å². The number of aliphatic hydroxyl groups is 2. The predicted molar refractivity (Wildman–Crippen MR) is 55.6 cm³/mol. The monoisotopic (exact) mass is 204 g/mol. The maximum atomic E-state index is 10.3. The predicted octanol–water partition coefficient (Wildman–Crippen LogP) is 0.568. The van der Waals surface area contributed by atoms with Gasteiger partial charge in [0.1, 0.15) is 6.10 Å². The number of hydrogen-bond acceptors (Lipinski definition) is 4. The van der Waals surface area contributed by atoms with Crippen molar-refractivity contribution in [2.45, 2.75) is 32.8 Å². The van der Waals surface area contributed by atoms with Crippen molar-refractivity contribution in [3.8, 4) is 12.8 Å². The van der Waals surface area contributed by atoms with E-state index in [2.05, 4.69) is 17.6 Å². The number of aliphatic hydroxyl groups excluding tert-OH is 2. The lowest BCUT2D eigenvalue weighted by Gasteiger charge is -2.01. The molecule has 1 aliphatic rings.